The Kier molecular flexibility index (Phi) is 6.91. The number of hydrogen-bond donors (Lipinski definition) is 2. The van der Waals surface area contributed by atoms with Crippen LogP contribution in [0.2, 0.25) is 0 Å². The lowest BCUT2D eigenvalue weighted by molar-refractivity contribution is 0.0500. The molecular formula is C18H26N2O3. The maximum Gasteiger partial charge on any atom is 0.338 e. The van der Waals surface area contributed by atoms with Gasteiger partial charge in [0.15, 0.2) is 0 Å². The van der Waals surface area contributed by atoms with Gasteiger partial charge < -0.3 is 15.4 Å². The maximum atomic E-state index is 12.0. The highest BCUT2D eigenvalue weighted by Gasteiger charge is 2.15. The molecule has 1 saturated carbocycles. The Balaban J connectivity index is 1.79. The lowest BCUT2D eigenvalue weighted by atomic mass is 9.96. The first-order chi connectivity index (χ1) is 11.2. The van der Waals surface area contributed by atoms with Crippen molar-refractivity contribution in [3.8, 4) is 0 Å². The lowest BCUT2D eigenvalue weighted by Crippen LogP contribution is -2.39. The van der Waals surface area contributed by atoms with Gasteiger partial charge in [0.2, 0.25) is 0 Å². The second-order valence-corrected chi connectivity index (χ2v) is 6.00. The standard InChI is InChI=1S/C18H26N2O3/c1-2-3-13-23-17(21)14-9-11-16(12-10-14)20-18(22)19-15-7-5-4-6-8-15/h9-12,15H,2-8,13H2,1H3,(H2,19,20,22). The SMILES string of the molecule is CCCCOC(=O)c1ccc(NC(=O)NC2CCCCC2)cc1. The molecule has 2 rings (SSSR count). The molecule has 5 nitrogen and oxygen atoms in total. The summed E-state index contributed by atoms with van der Waals surface area (Å²) in [5, 5.41) is 5.80. The third kappa shape index (κ3) is 5.93. The van der Waals surface area contributed by atoms with Crippen LogP contribution >= 0.6 is 0 Å². The van der Waals surface area contributed by atoms with E-state index in [-0.39, 0.29) is 18.0 Å². The fourth-order valence-electron chi connectivity index (χ4n) is 2.68. The highest BCUT2D eigenvalue weighted by atomic mass is 16.5. The lowest BCUT2D eigenvalue weighted by Gasteiger charge is -2.22. The van der Waals surface area contributed by atoms with Crippen LogP contribution in [0, 0.1) is 0 Å². The Morgan fingerprint density at radius 3 is 2.48 bits per heavy atom. The minimum absolute atomic E-state index is 0.185. The topological polar surface area (TPSA) is 67.4 Å². The molecule has 1 fully saturated rings. The van der Waals surface area contributed by atoms with Gasteiger partial charge in [-0.1, -0.05) is 32.6 Å². The number of carbonyl (C=O) groups excluding carboxylic acids is 2. The monoisotopic (exact) mass is 318 g/mol. The third-order valence-electron chi connectivity index (χ3n) is 4.05. The van der Waals surface area contributed by atoms with Gasteiger partial charge in [0.25, 0.3) is 0 Å². The molecule has 23 heavy (non-hydrogen) atoms. The van der Waals surface area contributed by atoms with Crippen LogP contribution in [0.3, 0.4) is 0 Å². The Morgan fingerprint density at radius 1 is 1.13 bits per heavy atom. The molecule has 1 aromatic carbocycles. The predicted molar refractivity (Wildman–Crippen MR) is 90.7 cm³/mol. The van der Waals surface area contributed by atoms with Crippen molar-refractivity contribution in [1.29, 1.82) is 0 Å². The molecular weight excluding hydrogens is 292 g/mol. The van der Waals surface area contributed by atoms with Gasteiger partial charge in [-0.2, -0.15) is 0 Å². The first-order valence-electron chi connectivity index (χ1n) is 8.53. The highest BCUT2D eigenvalue weighted by Crippen LogP contribution is 2.17. The Morgan fingerprint density at radius 2 is 1.83 bits per heavy atom. The molecule has 5 heteroatoms. The normalized spacial score (nSPS) is 15.0. The maximum absolute atomic E-state index is 12.0. The quantitative estimate of drug-likeness (QED) is 0.613. The Labute approximate surface area is 137 Å². The first kappa shape index (κ1) is 17.3. The van der Waals surface area contributed by atoms with Gasteiger partial charge in [-0.05, 0) is 43.5 Å². The molecule has 0 saturated heterocycles. The molecule has 0 radical (unpaired) electrons. The number of rotatable bonds is 6. The van der Waals surface area contributed by atoms with E-state index in [0.29, 0.717) is 17.9 Å². The first-order valence-corrected chi connectivity index (χ1v) is 8.53. The van der Waals surface area contributed by atoms with E-state index < -0.39 is 0 Å². The van der Waals surface area contributed by atoms with Crippen LogP contribution in [0.4, 0.5) is 10.5 Å². The van der Waals surface area contributed by atoms with Crippen molar-refractivity contribution < 1.29 is 14.3 Å². The van der Waals surface area contributed by atoms with E-state index in [4.69, 9.17) is 4.74 Å². The number of anilines is 1. The van der Waals surface area contributed by atoms with Gasteiger partial charge in [0.05, 0.1) is 12.2 Å². The minimum Gasteiger partial charge on any atom is -0.462 e. The van der Waals surface area contributed by atoms with Crippen molar-refractivity contribution in [3.05, 3.63) is 29.8 Å². The second kappa shape index (κ2) is 9.18. The Bertz CT molecular complexity index is 508. The van der Waals surface area contributed by atoms with Gasteiger partial charge in [-0.3, -0.25) is 0 Å². The number of amides is 2. The number of hydrogen-bond acceptors (Lipinski definition) is 3. The van der Waals surface area contributed by atoms with E-state index in [2.05, 4.69) is 10.6 Å². The summed E-state index contributed by atoms with van der Waals surface area (Å²) < 4.78 is 5.15. The van der Waals surface area contributed by atoms with Crippen molar-refractivity contribution in [3.63, 3.8) is 0 Å². The number of nitrogens with one attached hydrogen (secondary N) is 2. The van der Waals surface area contributed by atoms with Crippen molar-refractivity contribution >= 4 is 17.7 Å². The van der Waals surface area contributed by atoms with Gasteiger partial charge in [0, 0.05) is 11.7 Å². The molecule has 1 aliphatic carbocycles. The second-order valence-electron chi connectivity index (χ2n) is 6.00. The summed E-state index contributed by atoms with van der Waals surface area (Å²) in [5.74, 6) is -0.323. The summed E-state index contributed by atoms with van der Waals surface area (Å²) in [7, 11) is 0. The smallest absolute Gasteiger partial charge is 0.338 e. The predicted octanol–water partition coefficient (Wildman–Crippen LogP) is 4.10. The molecule has 0 bridgehead atoms. The van der Waals surface area contributed by atoms with E-state index in [9.17, 15) is 9.59 Å². The number of carbonyl (C=O) groups is 2. The summed E-state index contributed by atoms with van der Waals surface area (Å²) in [4.78, 5) is 23.8. The van der Waals surface area contributed by atoms with E-state index in [1.54, 1.807) is 24.3 Å². The van der Waals surface area contributed by atoms with Crippen molar-refractivity contribution in [2.75, 3.05) is 11.9 Å². The van der Waals surface area contributed by atoms with Crippen LogP contribution in [-0.4, -0.2) is 24.6 Å². The molecule has 2 amide bonds. The zero-order valence-corrected chi connectivity index (χ0v) is 13.8. The summed E-state index contributed by atoms with van der Waals surface area (Å²) in [6, 6.07) is 6.87. The van der Waals surface area contributed by atoms with Crippen LogP contribution in [0.1, 0.15) is 62.2 Å². The highest BCUT2D eigenvalue weighted by molar-refractivity contribution is 5.92. The van der Waals surface area contributed by atoms with Gasteiger partial charge in [0.1, 0.15) is 0 Å². The molecule has 0 unspecified atom stereocenters. The van der Waals surface area contributed by atoms with Gasteiger partial charge in [-0.25, -0.2) is 9.59 Å². The largest absolute Gasteiger partial charge is 0.462 e. The summed E-state index contributed by atoms with van der Waals surface area (Å²) in [6.45, 7) is 2.49. The van der Waals surface area contributed by atoms with Gasteiger partial charge in [-0.15, -0.1) is 0 Å². The van der Waals surface area contributed by atoms with Crippen LogP contribution in [0.25, 0.3) is 0 Å². The summed E-state index contributed by atoms with van der Waals surface area (Å²) in [6.07, 6.45) is 7.58. The molecule has 1 aromatic rings. The number of benzene rings is 1. The average Bonchev–Trinajstić information content (AvgIpc) is 2.56. The molecule has 0 aliphatic heterocycles. The third-order valence-corrected chi connectivity index (χ3v) is 4.05. The van der Waals surface area contributed by atoms with E-state index in [0.717, 1.165) is 25.7 Å². The molecule has 0 aromatic heterocycles. The van der Waals surface area contributed by atoms with E-state index >= 15 is 0 Å². The Hall–Kier alpha value is -2.04. The van der Waals surface area contributed by atoms with Crippen LogP contribution < -0.4 is 10.6 Å². The van der Waals surface area contributed by atoms with Crippen LogP contribution in [-0.2, 0) is 4.74 Å². The van der Waals surface area contributed by atoms with E-state index in [1.165, 1.54) is 19.3 Å². The summed E-state index contributed by atoms with van der Waals surface area (Å²) in [5.41, 5.74) is 1.17. The summed E-state index contributed by atoms with van der Waals surface area (Å²) >= 11 is 0. The van der Waals surface area contributed by atoms with Crippen LogP contribution in [0.5, 0.6) is 0 Å². The molecule has 1 aliphatic rings. The fourth-order valence-corrected chi connectivity index (χ4v) is 2.68. The van der Waals surface area contributed by atoms with E-state index in [1.807, 2.05) is 6.92 Å². The van der Waals surface area contributed by atoms with Crippen LogP contribution in [0.15, 0.2) is 24.3 Å². The number of ether oxygens (including phenoxy) is 1. The van der Waals surface area contributed by atoms with Gasteiger partial charge >= 0.3 is 12.0 Å². The minimum atomic E-state index is -0.323. The fraction of sp³-hybridized carbons (Fsp3) is 0.556. The zero-order valence-electron chi connectivity index (χ0n) is 13.8. The molecule has 0 spiro atoms. The average molecular weight is 318 g/mol. The molecule has 0 heterocycles. The van der Waals surface area contributed by atoms with Crippen molar-refractivity contribution in [2.45, 2.75) is 57.9 Å². The molecule has 2 N–H and O–H groups in total. The number of esters is 1. The molecule has 126 valence electrons. The van der Waals surface area contributed by atoms with Crippen molar-refractivity contribution in [1.82, 2.24) is 5.32 Å². The molecule has 0 atom stereocenters. The zero-order chi connectivity index (χ0) is 16.5. The van der Waals surface area contributed by atoms with Crippen molar-refractivity contribution in [2.24, 2.45) is 0 Å². The number of urea groups is 1. The number of unbranched alkanes of at least 4 members (excludes halogenated alkanes) is 1.